The Morgan fingerprint density at radius 1 is 1.43 bits per heavy atom. The number of fused-ring (bicyclic) bond motifs is 1. The van der Waals surface area contributed by atoms with Crippen molar-refractivity contribution in [2.45, 2.75) is 6.54 Å². The third kappa shape index (κ3) is 2.59. The number of aromatic hydroxyl groups is 1. The van der Waals surface area contributed by atoms with Crippen molar-refractivity contribution in [1.29, 1.82) is 0 Å². The van der Waals surface area contributed by atoms with Gasteiger partial charge in [-0.25, -0.2) is 0 Å². The Morgan fingerprint density at radius 3 is 2.83 bits per heavy atom. The van der Waals surface area contributed by atoms with Crippen molar-refractivity contribution in [3.05, 3.63) is 42.5 Å². The van der Waals surface area contributed by atoms with Gasteiger partial charge in [0.05, 0.1) is 5.92 Å². The van der Waals surface area contributed by atoms with Crippen molar-refractivity contribution in [2.75, 3.05) is 26.2 Å². The van der Waals surface area contributed by atoms with Crippen LogP contribution in [-0.4, -0.2) is 58.1 Å². The highest BCUT2D eigenvalue weighted by molar-refractivity contribution is 5.92. The van der Waals surface area contributed by atoms with Crippen LogP contribution in [0.4, 0.5) is 0 Å². The van der Waals surface area contributed by atoms with Gasteiger partial charge in [0, 0.05) is 32.7 Å². The van der Waals surface area contributed by atoms with Crippen LogP contribution >= 0.6 is 0 Å². The molecule has 0 aliphatic carbocycles. The van der Waals surface area contributed by atoms with Gasteiger partial charge in [-0.05, 0) is 17.7 Å². The average Bonchev–Trinajstić information content (AvgIpc) is 2.96. The van der Waals surface area contributed by atoms with Gasteiger partial charge in [-0.1, -0.05) is 18.2 Å². The molecule has 0 unspecified atom stereocenters. The molecule has 3 rings (SSSR count). The van der Waals surface area contributed by atoms with E-state index in [1.165, 1.54) is 0 Å². The lowest BCUT2D eigenvalue weighted by Gasteiger charge is -2.24. The van der Waals surface area contributed by atoms with Crippen molar-refractivity contribution >= 4 is 11.9 Å². The smallest absolute Gasteiger partial charge is 0.313 e. The van der Waals surface area contributed by atoms with Gasteiger partial charge in [-0.2, -0.15) is 0 Å². The Morgan fingerprint density at radius 2 is 2.22 bits per heavy atom. The number of amides is 1. The van der Waals surface area contributed by atoms with Gasteiger partial charge in [0.2, 0.25) is 5.91 Å². The van der Waals surface area contributed by atoms with E-state index in [0.717, 1.165) is 5.56 Å². The highest BCUT2D eigenvalue weighted by atomic mass is 16.4. The third-order valence-corrected chi connectivity index (χ3v) is 4.79. The van der Waals surface area contributed by atoms with Gasteiger partial charge in [-0.15, -0.1) is 6.58 Å². The quantitative estimate of drug-likeness (QED) is 0.790. The maximum atomic E-state index is 12.5. The fraction of sp³-hybridized carbons (Fsp3) is 0.412. The molecule has 2 N–H and O–H groups in total. The first-order chi connectivity index (χ1) is 11.0. The van der Waals surface area contributed by atoms with E-state index < -0.39 is 17.3 Å². The first-order valence-electron chi connectivity index (χ1n) is 7.59. The summed E-state index contributed by atoms with van der Waals surface area (Å²) >= 11 is 0. The molecule has 1 aromatic carbocycles. The van der Waals surface area contributed by atoms with E-state index in [9.17, 15) is 19.8 Å². The minimum atomic E-state index is -1.04. The van der Waals surface area contributed by atoms with Crippen molar-refractivity contribution in [3.8, 4) is 5.75 Å². The van der Waals surface area contributed by atoms with Gasteiger partial charge in [0.1, 0.15) is 11.2 Å². The number of phenolic OH excluding ortho intramolecular Hbond substituents is 1. The predicted molar refractivity (Wildman–Crippen MR) is 83.7 cm³/mol. The van der Waals surface area contributed by atoms with E-state index in [-0.39, 0.29) is 18.2 Å². The van der Waals surface area contributed by atoms with Crippen molar-refractivity contribution in [1.82, 2.24) is 9.80 Å². The zero-order valence-electron chi connectivity index (χ0n) is 12.8. The summed E-state index contributed by atoms with van der Waals surface area (Å²) in [5, 5.41) is 19.3. The van der Waals surface area contributed by atoms with Crippen LogP contribution in [0.15, 0.2) is 36.9 Å². The zero-order chi connectivity index (χ0) is 16.6. The highest BCUT2D eigenvalue weighted by Crippen LogP contribution is 2.44. The fourth-order valence-corrected chi connectivity index (χ4v) is 3.75. The number of aliphatic carboxylic acids is 1. The first kappa shape index (κ1) is 15.6. The molecule has 2 heterocycles. The number of carboxylic acid groups (broad SMARTS) is 1. The van der Waals surface area contributed by atoms with Crippen LogP contribution in [0.1, 0.15) is 5.56 Å². The first-order valence-corrected chi connectivity index (χ1v) is 7.59. The lowest BCUT2D eigenvalue weighted by Crippen LogP contribution is -2.40. The van der Waals surface area contributed by atoms with E-state index in [1.54, 1.807) is 29.2 Å². The number of carbonyl (C=O) groups excluding carboxylic acids is 1. The normalized spacial score (nSPS) is 27.2. The molecular weight excluding hydrogens is 296 g/mol. The van der Waals surface area contributed by atoms with Crippen LogP contribution in [0.25, 0.3) is 0 Å². The SMILES string of the molecule is C=CCN1C[C@]2(C(=O)O)CN(Cc3cccc(O)c3)C[C@@H]2C1=O. The van der Waals surface area contributed by atoms with Crippen LogP contribution in [0, 0.1) is 11.3 Å². The van der Waals surface area contributed by atoms with Gasteiger partial charge in [0.25, 0.3) is 0 Å². The zero-order valence-corrected chi connectivity index (χ0v) is 12.8. The monoisotopic (exact) mass is 316 g/mol. The Labute approximate surface area is 134 Å². The molecular formula is C17H20N2O4. The average molecular weight is 316 g/mol. The van der Waals surface area contributed by atoms with Gasteiger partial charge < -0.3 is 15.1 Å². The number of hydrogen-bond acceptors (Lipinski definition) is 4. The van der Waals surface area contributed by atoms with Gasteiger partial charge >= 0.3 is 5.97 Å². The number of likely N-dealkylation sites (tertiary alicyclic amines) is 2. The van der Waals surface area contributed by atoms with Crippen LogP contribution in [0.2, 0.25) is 0 Å². The molecule has 2 atom stereocenters. The van der Waals surface area contributed by atoms with Crippen LogP contribution in [-0.2, 0) is 16.1 Å². The Hall–Kier alpha value is -2.34. The van der Waals surface area contributed by atoms with Crippen molar-refractivity contribution < 1.29 is 19.8 Å². The van der Waals surface area contributed by atoms with Gasteiger partial charge in [0.15, 0.2) is 0 Å². The molecule has 0 spiro atoms. The van der Waals surface area contributed by atoms with E-state index in [4.69, 9.17) is 0 Å². The predicted octanol–water partition coefficient (Wildman–Crippen LogP) is 0.923. The largest absolute Gasteiger partial charge is 0.508 e. The molecule has 6 heteroatoms. The number of phenols is 1. The standard InChI is InChI=1S/C17H20N2O4/c1-2-6-19-11-17(16(22)23)10-18(9-14(17)15(19)21)8-12-4-3-5-13(20)7-12/h2-5,7,14,20H,1,6,8-11H2,(H,22,23)/t14-,17-/m1/s1. The van der Waals surface area contributed by atoms with Crippen molar-refractivity contribution in [3.63, 3.8) is 0 Å². The topological polar surface area (TPSA) is 81.1 Å². The van der Waals surface area contributed by atoms with Crippen molar-refractivity contribution in [2.24, 2.45) is 11.3 Å². The van der Waals surface area contributed by atoms with Crippen LogP contribution in [0.3, 0.4) is 0 Å². The molecule has 1 amide bonds. The summed E-state index contributed by atoms with van der Waals surface area (Å²) in [5.41, 5.74) is -0.141. The molecule has 2 saturated heterocycles. The molecule has 0 bridgehead atoms. The number of benzene rings is 1. The summed E-state index contributed by atoms with van der Waals surface area (Å²) in [7, 11) is 0. The third-order valence-electron chi connectivity index (χ3n) is 4.79. The van der Waals surface area contributed by atoms with Crippen LogP contribution < -0.4 is 0 Å². The Balaban J connectivity index is 1.79. The Bertz CT molecular complexity index is 660. The molecule has 0 aromatic heterocycles. The summed E-state index contributed by atoms with van der Waals surface area (Å²) in [6.07, 6.45) is 1.62. The second kappa shape index (κ2) is 5.70. The molecule has 6 nitrogen and oxygen atoms in total. The Kier molecular flexibility index (Phi) is 3.85. The van der Waals surface area contributed by atoms with Crippen LogP contribution in [0.5, 0.6) is 5.75 Å². The molecule has 0 radical (unpaired) electrons. The fourth-order valence-electron chi connectivity index (χ4n) is 3.75. The molecule has 2 aliphatic heterocycles. The minimum Gasteiger partial charge on any atom is -0.508 e. The number of carboxylic acids is 1. The molecule has 1 aromatic rings. The summed E-state index contributed by atoms with van der Waals surface area (Å²) in [4.78, 5) is 27.9. The highest BCUT2D eigenvalue weighted by Gasteiger charge is 2.61. The maximum Gasteiger partial charge on any atom is 0.313 e. The van der Waals surface area contributed by atoms with E-state index in [2.05, 4.69) is 6.58 Å². The number of rotatable bonds is 5. The summed E-state index contributed by atoms with van der Waals surface area (Å²) in [6, 6.07) is 6.89. The van der Waals surface area contributed by atoms with E-state index >= 15 is 0 Å². The summed E-state index contributed by atoms with van der Waals surface area (Å²) in [6.45, 7) is 5.52. The number of nitrogens with zero attached hydrogens (tertiary/aromatic N) is 2. The lowest BCUT2D eigenvalue weighted by atomic mass is 9.81. The molecule has 23 heavy (non-hydrogen) atoms. The lowest BCUT2D eigenvalue weighted by molar-refractivity contribution is -0.149. The second-order valence-electron chi connectivity index (χ2n) is 6.36. The minimum absolute atomic E-state index is 0.106. The second-order valence-corrected chi connectivity index (χ2v) is 6.36. The maximum absolute atomic E-state index is 12.5. The van der Waals surface area contributed by atoms with Gasteiger partial charge in [-0.3, -0.25) is 14.5 Å². The molecule has 122 valence electrons. The van der Waals surface area contributed by atoms with E-state index in [1.807, 2.05) is 11.0 Å². The molecule has 2 aliphatic rings. The van der Waals surface area contributed by atoms with E-state index in [0.29, 0.717) is 26.2 Å². The summed E-state index contributed by atoms with van der Waals surface area (Å²) in [5.74, 6) is -1.35. The molecule has 0 saturated carbocycles. The molecule has 2 fully saturated rings. The summed E-state index contributed by atoms with van der Waals surface area (Å²) < 4.78 is 0. The number of carbonyl (C=O) groups is 2. The number of hydrogen-bond donors (Lipinski definition) is 2.